The molecule has 0 spiro atoms. The van der Waals surface area contributed by atoms with E-state index in [2.05, 4.69) is 15.1 Å². The number of urea groups is 1. The Kier molecular flexibility index (Phi) is 6.50. The number of hydrogen-bond acceptors (Lipinski definition) is 6. The van der Waals surface area contributed by atoms with Gasteiger partial charge in [-0.2, -0.15) is 8.78 Å². The van der Waals surface area contributed by atoms with Gasteiger partial charge in [0.15, 0.2) is 0 Å². The summed E-state index contributed by atoms with van der Waals surface area (Å²) in [7, 11) is 0. The number of alkyl halides is 2. The van der Waals surface area contributed by atoms with Crippen molar-refractivity contribution in [3.8, 4) is 11.5 Å². The van der Waals surface area contributed by atoms with Crippen molar-refractivity contribution >= 4 is 11.7 Å². The van der Waals surface area contributed by atoms with Gasteiger partial charge in [-0.05, 0) is 29.8 Å². The molecule has 0 bridgehead atoms. The second-order valence-corrected chi connectivity index (χ2v) is 8.36. The molecular formula is C24H25F2N5O3. The van der Waals surface area contributed by atoms with E-state index >= 15 is 0 Å². The monoisotopic (exact) mass is 469 g/mol. The van der Waals surface area contributed by atoms with Gasteiger partial charge in [-0.25, -0.2) is 4.79 Å². The number of rotatable bonds is 6. The standard InChI is InChI=1S/C24H25F2N5O3/c25-21(26)23-28-27-22(34-23)18-8-6-17(7-9-18)14-31(19-4-2-1-3-5-19)24(32)30-12-10-29(11-13-30)20-15-33-16-20/h1-9,20-21H,10-16H2. The molecule has 2 amide bonds. The van der Waals surface area contributed by atoms with Gasteiger partial charge in [0.05, 0.1) is 25.8 Å². The van der Waals surface area contributed by atoms with Crippen molar-refractivity contribution in [2.24, 2.45) is 0 Å². The zero-order valence-electron chi connectivity index (χ0n) is 18.5. The Morgan fingerprint density at radius 2 is 1.71 bits per heavy atom. The summed E-state index contributed by atoms with van der Waals surface area (Å²) in [4.78, 5) is 19.6. The van der Waals surface area contributed by atoms with Crippen molar-refractivity contribution in [1.29, 1.82) is 0 Å². The number of aromatic nitrogens is 2. The normalized spacial score (nSPS) is 17.1. The zero-order chi connectivity index (χ0) is 23.5. The molecule has 0 atom stereocenters. The quantitative estimate of drug-likeness (QED) is 0.547. The minimum atomic E-state index is -2.81. The highest BCUT2D eigenvalue weighted by Gasteiger charge is 2.32. The number of halogens is 2. The van der Waals surface area contributed by atoms with Crippen LogP contribution < -0.4 is 4.90 Å². The average Bonchev–Trinajstić information content (AvgIpc) is 3.33. The lowest BCUT2D eigenvalue weighted by molar-refractivity contribution is -0.0738. The van der Waals surface area contributed by atoms with Gasteiger partial charge in [0.25, 0.3) is 5.89 Å². The Labute approximate surface area is 195 Å². The Morgan fingerprint density at radius 3 is 2.29 bits per heavy atom. The topological polar surface area (TPSA) is 74.9 Å². The summed E-state index contributed by atoms with van der Waals surface area (Å²) in [6.45, 7) is 4.92. The van der Waals surface area contributed by atoms with Gasteiger partial charge in [0, 0.05) is 37.4 Å². The molecular weight excluding hydrogens is 444 g/mol. The van der Waals surface area contributed by atoms with Crippen LogP contribution in [0.4, 0.5) is 19.3 Å². The first-order valence-electron chi connectivity index (χ1n) is 11.2. The molecule has 3 aromatic rings. The highest BCUT2D eigenvalue weighted by Crippen LogP contribution is 2.25. The predicted octanol–water partition coefficient (Wildman–Crippen LogP) is 3.82. The van der Waals surface area contributed by atoms with E-state index in [9.17, 15) is 13.6 Å². The Morgan fingerprint density at radius 1 is 1.00 bits per heavy atom. The molecule has 0 aliphatic carbocycles. The lowest BCUT2D eigenvalue weighted by Crippen LogP contribution is -2.59. The molecule has 10 heteroatoms. The average molecular weight is 469 g/mol. The van der Waals surface area contributed by atoms with E-state index in [-0.39, 0.29) is 11.9 Å². The van der Waals surface area contributed by atoms with Gasteiger partial charge >= 0.3 is 12.5 Å². The number of carbonyl (C=O) groups excluding carboxylic acids is 1. The molecule has 5 rings (SSSR count). The molecule has 0 radical (unpaired) electrons. The molecule has 1 aromatic heterocycles. The number of nitrogens with zero attached hydrogens (tertiary/aromatic N) is 5. The number of hydrogen-bond donors (Lipinski definition) is 0. The highest BCUT2D eigenvalue weighted by molar-refractivity contribution is 5.92. The summed E-state index contributed by atoms with van der Waals surface area (Å²) >= 11 is 0. The maximum Gasteiger partial charge on any atom is 0.324 e. The first kappa shape index (κ1) is 22.4. The number of piperazine rings is 1. The van der Waals surface area contributed by atoms with Crippen molar-refractivity contribution in [2.75, 3.05) is 44.3 Å². The molecule has 178 valence electrons. The van der Waals surface area contributed by atoms with Gasteiger partial charge in [-0.3, -0.25) is 9.80 Å². The number of anilines is 1. The summed E-state index contributed by atoms with van der Waals surface area (Å²) in [5.74, 6) is -0.669. The van der Waals surface area contributed by atoms with Crippen LogP contribution >= 0.6 is 0 Å². The van der Waals surface area contributed by atoms with Gasteiger partial charge in [-0.15, -0.1) is 10.2 Å². The van der Waals surface area contributed by atoms with Crippen molar-refractivity contribution in [1.82, 2.24) is 20.0 Å². The second kappa shape index (κ2) is 9.86. The number of benzene rings is 2. The Bertz CT molecular complexity index is 1100. The summed E-state index contributed by atoms with van der Waals surface area (Å²) < 4.78 is 35.8. The first-order valence-corrected chi connectivity index (χ1v) is 11.2. The van der Waals surface area contributed by atoms with E-state index in [4.69, 9.17) is 9.15 Å². The molecule has 0 unspecified atom stereocenters. The molecule has 8 nitrogen and oxygen atoms in total. The predicted molar refractivity (Wildman–Crippen MR) is 120 cm³/mol. The molecule has 2 aromatic carbocycles. The lowest BCUT2D eigenvalue weighted by Gasteiger charge is -2.43. The van der Waals surface area contributed by atoms with Crippen molar-refractivity contribution in [3.63, 3.8) is 0 Å². The summed E-state index contributed by atoms with van der Waals surface area (Å²) in [6.07, 6.45) is -2.81. The fourth-order valence-electron chi connectivity index (χ4n) is 4.14. The van der Waals surface area contributed by atoms with E-state index in [1.807, 2.05) is 47.4 Å². The Hall–Kier alpha value is -3.37. The van der Waals surface area contributed by atoms with Crippen LogP contribution in [0.25, 0.3) is 11.5 Å². The highest BCUT2D eigenvalue weighted by atomic mass is 19.3. The van der Waals surface area contributed by atoms with Crippen LogP contribution in [0.1, 0.15) is 17.9 Å². The van der Waals surface area contributed by atoms with Crippen LogP contribution in [0.5, 0.6) is 0 Å². The van der Waals surface area contributed by atoms with Crippen LogP contribution in [0.2, 0.25) is 0 Å². The first-order chi connectivity index (χ1) is 16.6. The molecule has 2 fully saturated rings. The van der Waals surface area contributed by atoms with Gasteiger partial charge in [0.1, 0.15) is 0 Å². The maximum absolute atomic E-state index is 13.5. The summed E-state index contributed by atoms with van der Waals surface area (Å²) in [5.41, 5.74) is 2.24. The number of para-hydroxylation sites is 1. The zero-order valence-corrected chi connectivity index (χ0v) is 18.5. The largest absolute Gasteiger partial charge is 0.415 e. The molecule has 0 saturated carbocycles. The number of amides is 2. The Balaban J connectivity index is 1.30. The SMILES string of the molecule is O=C(N1CCN(C2COC2)CC1)N(Cc1ccc(-c2nnc(C(F)F)o2)cc1)c1ccccc1. The molecule has 2 saturated heterocycles. The van der Waals surface area contributed by atoms with Crippen LogP contribution in [0.15, 0.2) is 59.0 Å². The van der Waals surface area contributed by atoms with Gasteiger partial charge in [0.2, 0.25) is 5.89 Å². The molecule has 2 aliphatic rings. The minimum Gasteiger partial charge on any atom is -0.415 e. The van der Waals surface area contributed by atoms with E-state index in [0.29, 0.717) is 31.2 Å². The lowest BCUT2D eigenvalue weighted by atomic mass is 10.1. The third-order valence-corrected chi connectivity index (χ3v) is 6.19. The third kappa shape index (κ3) is 4.78. The van der Waals surface area contributed by atoms with Crippen LogP contribution in [0.3, 0.4) is 0 Å². The molecule has 3 heterocycles. The summed E-state index contributed by atoms with van der Waals surface area (Å²) in [6, 6.07) is 17.1. The van der Waals surface area contributed by atoms with Gasteiger partial charge in [-0.1, -0.05) is 30.3 Å². The fourth-order valence-corrected chi connectivity index (χ4v) is 4.14. The van der Waals surface area contributed by atoms with E-state index < -0.39 is 12.3 Å². The van der Waals surface area contributed by atoms with Crippen molar-refractivity contribution in [3.05, 3.63) is 66.1 Å². The van der Waals surface area contributed by atoms with E-state index in [1.165, 1.54) is 0 Å². The molecule has 34 heavy (non-hydrogen) atoms. The van der Waals surface area contributed by atoms with Crippen LogP contribution in [-0.2, 0) is 11.3 Å². The van der Waals surface area contributed by atoms with Crippen molar-refractivity contribution in [2.45, 2.75) is 19.0 Å². The number of ether oxygens (including phenoxy) is 1. The maximum atomic E-state index is 13.5. The van der Waals surface area contributed by atoms with E-state index in [1.54, 1.807) is 17.0 Å². The minimum absolute atomic E-state index is 0.0348. The smallest absolute Gasteiger partial charge is 0.324 e. The summed E-state index contributed by atoms with van der Waals surface area (Å²) in [5, 5.41) is 7.05. The van der Waals surface area contributed by atoms with Crippen LogP contribution in [-0.4, -0.2) is 71.5 Å². The fraction of sp³-hybridized carbons (Fsp3) is 0.375. The second-order valence-electron chi connectivity index (χ2n) is 8.36. The van der Waals surface area contributed by atoms with Gasteiger partial charge < -0.3 is 14.1 Å². The number of carbonyl (C=O) groups is 1. The van der Waals surface area contributed by atoms with Crippen LogP contribution in [0, 0.1) is 0 Å². The third-order valence-electron chi connectivity index (χ3n) is 6.19. The van der Waals surface area contributed by atoms with E-state index in [0.717, 1.165) is 37.6 Å². The molecule has 2 aliphatic heterocycles. The molecule has 0 N–H and O–H groups in total. The van der Waals surface area contributed by atoms with Crippen molar-refractivity contribution < 1.29 is 22.7 Å².